The van der Waals surface area contributed by atoms with Crippen LogP contribution >= 0.6 is 11.6 Å². The van der Waals surface area contributed by atoms with E-state index in [2.05, 4.69) is 10.6 Å². The van der Waals surface area contributed by atoms with Crippen LogP contribution in [0.3, 0.4) is 0 Å². The van der Waals surface area contributed by atoms with Gasteiger partial charge in [-0.05, 0) is 72.9 Å². The molecule has 9 heteroatoms. The number of nitrogens with zero attached hydrogens (tertiary/aromatic N) is 1. The van der Waals surface area contributed by atoms with E-state index in [1.807, 2.05) is 39.0 Å². The SMILES string of the molecule is CCCOC(=O)c1cccc(N2C(=O)C(Cl)=C(Nc3ccc(C(=O)Nc4c(CC)cccc4CC)cc3)C2=O)c1. The molecule has 0 atom stereocenters. The van der Waals surface area contributed by atoms with Crippen LogP contribution in [0.25, 0.3) is 0 Å². The predicted octanol–water partition coefficient (Wildman–Crippen LogP) is 6.07. The van der Waals surface area contributed by atoms with E-state index in [1.165, 1.54) is 12.1 Å². The van der Waals surface area contributed by atoms with Gasteiger partial charge in [-0.2, -0.15) is 0 Å². The Bertz CT molecular complexity index is 1470. The fourth-order valence-corrected chi connectivity index (χ4v) is 4.55. The van der Waals surface area contributed by atoms with Crippen LogP contribution in [0.15, 0.2) is 77.5 Å². The predicted molar refractivity (Wildman–Crippen MR) is 156 cm³/mol. The van der Waals surface area contributed by atoms with Crippen molar-refractivity contribution in [2.75, 3.05) is 22.1 Å². The molecule has 0 bridgehead atoms. The van der Waals surface area contributed by atoms with Crippen molar-refractivity contribution in [1.82, 2.24) is 0 Å². The minimum Gasteiger partial charge on any atom is -0.462 e. The fourth-order valence-electron chi connectivity index (χ4n) is 4.33. The highest BCUT2D eigenvalue weighted by atomic mass is 35.5. The second kappa shape index (κ2) is 12.6. The van der Waals surface area contributed by atoms with Gasteiger partial charge in [-0.3, -0.25) is 14.4 Å². The molecule has 0 saturated carbocycles. The molecule has 0 radical (unpaired) electrons. The second-order valence-corrected chi connectivity index (χ2v) is 9.51. The number of carbonyl (C=O) groups excluding carboxylic acids is 4. The molecule has 3 aromatic carbocycles. The molecule has 0 aliphatic carbocycles. The molecule has 40 heavy (non-hydrogen) atoms. The Morgan fingerprint density at radius 1 is 0.850 bits per heavy atom. The molecular weight excluding hydrogens is 530 g/mol. The quantitative estimate of drug-likeness (QED) is 0.231. The number of hydrogen-bond acceptors (Lipinski definition) is 6. The lowest BCUT2D eigenvalue weighted by atomic mass is 10.0. The first-order valence-corrected chi connectivity index (χ1v) is 13.5. The molecule has 0 unspecified atom stereocenters. The summed E-state index contributed by atoms with van der Waals surface area (Å²) >= 11 is 6.27. The zero-order valence-corrected chi connectivity index (χ0v) is 23.3. The lowest BCUT2D eigenvalue weighted by molar-refractivity contribution is -0.120. The zero-order chi connectivity index (χ0) is 28.8. The summed E-state index contributed by atoms with van der Waals surface area (Å²) in [5, 5.41) is 5.65. The molecular formula is C31H30ClN3O5. The molecule has 2 N–H and O–H groups in total. The Morgan fingerprint density at radius 3 is 2.12 bits per heavy atom. The molecule has 1 aliphatic rings. The van der Waals surface area contributed by atoms with E-state index in [1.54, 1.807) is 36.4 Å². The van der Waals surface area contributed by atoms with Crippen molar-refractivity contribution >= 4 is 52.4 Å². The van der Waals surface area contributed by atoms with Gasteiger partial charge in [0.15, 0.2) is 0 Å². The van der Waals surface area contributed by atoms with Crippen LogP contribution in [-0.2, 0) is 27.2 Å². The van der Waals surface area contributed by atoms with Gasteiger partial charge in [-0.15, -0.1) is 0 Å². The number of halogens is 1. The number of imide groups is 1. The van der Waals surface area contributed by atoms with Crippen LogP contribution in [-0.4, -0.2) is 30.3 Å². The van der Waals surface area contributed by atoms with Gasteiger partial charge in [-0.1, -0.05) is 56.6 Å². The number of para-hydroxylation sites is 1. The van der Waals surface area contributed by atoms with E-state index in [4.69, 9.17) is 16.3 Å². The molecule has 1 aliphatic heterocycles. The van der Waals surface area contributed by atoms with Crippen molar-refractivity contribution in [1.29, 1.82) is 0 Å². The van der Waals surface area contributed by atoms with Gasteiger partial charge >= 0.3 is 5.97 Å². The molecule has 0 aromatic heterocycles. The molecule has 1 heterocycles. The first-order valence-electron chi connectivity index (χ1n) is 13.1. The summed E-state index contributed by atoms with van der Waals surface area (Å²) in [5.41, 5.74) is 4.15. The van der Waals surface area contributed by atoms with E-state index < -0.39 is 17.8 Å². The van der Waals surface area contributed by atoms with Gasteiger partial charge in [0.25, 0.3) is 17.7 Å². The summed E-state index contributed by atoms with van der Waals surface area (Å²) in [4.78, 5) is 52.2. The van der Waals surface area contributed by atoms with E-state index in [0.29, 0.717) is 17.7 Å². The highest BCUT2D eigenvalue weighted by molar-refractivity contribution is 6.53. The summed E-state index contributed by atoms with van der Waals surface area (Å²) in [7, 11) is 0. The van der Waals surface area contributed by atoms with Gasteiger partial charge in [-0.25, -0.2) is 9.69 Å². The number of carbonyl (C=O) groups is 4. The topological polar surface area (TPSA) is 105 Å². The maximum atomic E-state index is 13.2. The Labute approximate surface area is 238 Å². The summed E-state index contributed by atoms with van der Waals surface area (Å²) < 4.78 is 5.15. The molecule has 0 saturated heterocycles. The monoisotopic (exact) mass is 559 g/mol. The fraction of sp³-hybridized carbons (Fsp3) is 0.226. The third-order valence-corrected chi connectivity index (χ3v) is 6.81. The maximum Gasteiger partial charge on any atom is 0.338 e. The van der Waals surface area contributed by atoms with E-state index in [0.717, 1.165) is 34.6 Å². The largest absolute Gasteiger partial charge is 0.462 e. The number of anilines is 3. The number of ether oxygens (including phenoxy) is 1. The Hall–Kier alpha value is -4.43. The van der Waals surface area contributed by atoms with Crippen molar-refractivity contribution in [2.24, 2.45) is 0 Å². The Kier molecular flexibility index (Phi) is 9.01. The van der Waals surface area contributed by atoms with Crippen molar-refractivity contribution in [3.63, 3.8) is 0 Å². The highest BCUT2D eigenvalue weighted by Gasteiger charge is 2.39. The van der Waals surface area contributed by atoms with E-state index >= 15 is 0 Å². The summed E-state index contributed by atoms with van der Waals surface area (Å²) in [6.07, 6.45) is 2.25. The summed E-state index contributed by atoms with van der Waals surface area (Å²) in [6.45, 7) is 6.22. The average molecular weight is 560 g/mol. The van der Waals surface area contributed by atoms with Crippen LogP contribution in [0.4, 0.5) is 17.1 Å². The smallest absolute Gasteiger partial charge is 0.338 e. The minimum absolute atomic E-state index is 0.104. The normalized spacial score (nSPS) is 13.1. The van der Waals surface area contributed by atoms with Crippen molar-refractivity contribution in [2.45, 2.75) is 40.0 Å². The van der Waals surface area contributed by atoms with Gasteiger partial charge in [0.1, 0.15) is 10.7 Å². The average Bonchev–Trinajstić information content (AvgIpc) is 3.19. The van der Waals surface area contributed by atoms with Crippen LogP contribution in [0.5, 0.6) is 0 Å². The van der Waals surface area contributed by atoms with Crippen molar-refractivity contribution in [3.8, 4) is 0 Å². The van der Waals surface area contributed by atoms with Gasteiger partial charge in [0.2, 0.25) is 0 Å². The summed E-state index contributed by atoms with van der Waals surface area (Å²) in [5.74, 6) is -2.19. The minimum atomic E-state index is -0.717. The number of benzene rings is 3. The molecule has 8 nitrogen and oxygen atoms in total. The lowest BCUT2D eigenvalue weighted by Gasteiger charge is -2.16. The first kappa shape index (κ1) is 28.6. The maximum absolute atomic E-state index is 13.2. The van der Waals surface area contributed by atoms with Crippen molar-refractivity contribution in [3.05, 3.63) is 99.7 Å². The van der Waals surface area contributed by atoms with E-state index in [9.17, 15) is 19.2 Å². The Morgan fingerprint density at radius 2 is 1.50 bits per heavy atom. The number of aryl methyl sites for hydroxylation is 2. The third-order valence-electron chi connectivity index (χ3n) is 6.46. The number of rotatable bonds is 10. The molecule has 4 rings (SSSR count). The van der Waals surface area contributed by atoms with Gasteiger partial charge < -0.3 is 15.4 Å². The van der Waals surface area contributed by atoms with Crippen LogP contribution in [0.1, 0.15) is 59.0 Å². The van der Waals surface area contributed by atoms with Gasteiger partial charge in [0.05, 0.1) is 17.9 Å². The van der Waals surface area contributed by atoms with Crippen LogP contribution < -0.4 is 15.5 Å². The molecule has 0 spiro atoms. The Balaban J connectivity index is 1.49. The second-order valence-electron chi connectivity index (χ2n) is 9.14. The zero-order valence-electron chi connectivity index (χ0n) is 22.5. The number of esters is 1. The number of amides is 3. The molecule has 3 aromatic rings. The molecule has 3 amide bonds. The summed E-state index contributed by atoms with van der Waals surface area (Å²) in [6, 6.07) is 18.5. The molecule has 206 valence electrons. The lowest BCUT2D eigenvalue weighted by Crippen LogP contribution is -2.32. The number of nitrogens with one attached hydrogen (secondary N) is 2. The third kappa shape index (κ3) is 5.92. The highest BCUT2D eigenvalue weighted by Crippen LogP contribution is 2.31. The standard InChI is InChI=1S/C31H30ClN3O5/c1-4-17-40-31(39)22-11-8-12-24(18-22)35-29(37)25(32)27(30(35)38)33-23-15-13-21(14-16-23)28(36)34-26-19(5-2)9-7-10-20(26)6-3/h7-16,18,33H,4-6,17H2,1-3H3,(H,34,36). The van der Waals surface area contributed by atoms with E-state index in [-0.39, 0.29) is 34.5 Å². The van der Waals surface area contributed by atoms with Gasteiger partial charge in [0, 0.05) is 16.9 Å². The molecule has 0 fully saturated rings. The van der Waals surface area contributed by atoms with Crippen LogP contribution in [0, 0.1) is 0 Å². The van der Waals surface area contributed by atoms with Crippen LogP contribution in [0.2, 0.25) is 0 Å². The first-order chi connectivity index (χ1) is 19.3. The number of hydrogen-bond donors (Lipinski definition) is 2. The van der Waals surface area contributed by atoms with Crippen molar-refractivity contribution < 1.29 is 23.9 Å².